The first-order chi connectivity index (χ1) is 13.8. The number of hydrogen-bond donors (Lipinski definition) is 2. The van der Waals surface area contributed by atoms with Crippen molar-refractivity contribution in [3.05, 3.63) is 70.9 Å². The van der Waals surface area contributed by atoms with Crippen LogP contribution < -0.4 is 10.5 Å². The fraction of sp³-hybridized carbons (Fsp3) is 0.100. The summed E-state index contributed by atoms with van der Waals surface area (Å²) in [5, 5.41) is 0. The molecule has 0 saturated carbocycles. The van der Waals surface area contributed by atoms with Gasteiger partial charge in [0.2, 0.25) is 0 Å². The number of para-hydroxylation sites is 1. The Morgan fingerprint density at radius 3 is 2.72 bits per heavy atom. The lowest BCUT2D eigenvalue weighted by Crippen LogP contribution is -2.13. The molecule has 4 aromatic rings. The summed E-state index contributed by atoms with van der Waals surface area (Å²) < 4.78 is 45.2. The van der Waals surface area contributed by atoms with Crippen LogP contribution in [0.15, 0.2) is 54.9 Å². The van der Waals surface area contributed by atoms with Gasteiger partial charge in [-0.3, -0.25) is 4.79 Å². The highest BCUT2D eigenvalue weighted by atomic mass is 32.1. The van der Waals surface area contributed by atoms with E-state index in [4.69, 9.17) is 10.5 Å². The van der Waals surface area contributed by atoms with Gasteiger partial charge >= 0.3 is 6.18 Å². The van der Waals surface area contributed by atoms with Gasteiger partial charge in [-0.2, -0.15) is 13.2 Å². The first-order valence-electron chi connectivity index (χ1n) is 8.48. The number of rotatable bonds is 5. The minimum Gasteiger partial charge on any atom is -0.487 e. The number of nitrogens with two attached hydrogens (primary N) is 1. The van der Waals surface area contributed by atoms with Crippen molar-refractivity contribution in [2.24, 2.45) is 5.73 Å². The number of fused-ring (bicyclic) bond motifs is 1. The molecule has 3 N–H and O–H groups in total. The van der Waals surface area contributed by atoms with Crippen LogP contribution in [-0.2, 0) is 12.8 Å². The molecule has 0 aliphatic carbocycles. The number of amides is 1. The summed E-state index contributed by atoms with van der Waals surface area (Å²) in [4.78, 5) is 20.0. The van der Waals surface area contributed by atoms with Crippen LogP contribution in [0.4, 0.5) is 13.2 Å². The molecule has 0 aliphatic rings. The number of benzene rings is 2. The molecule has 29 heavy (non-hydrogen) atoms. The second-order valence-electron chi connectivity index (χ2n) is 6.22. The Balaban J connectivity index is 1.69. The third-order valence-corrected chi connectivity index (χ3v) is 5.51. The molecule has 0 spiro atoms. The molecule has 1 amide bonds. The number of carbonyl (C=O) groups is 1. The molecule has 0 aliphatic heterocycles. The van der Waals surface area contributed by atoms with E-state index in [1.807, 2.05) is 18.2 Å². The highest BCUT2D eigenvalue weighted by Crippen LogP contribution is 2.39. The number of imidazole rings is 1. The Kier molecular flexibility index (Phi) is 4.75. The average molecular weight is 417 g/mol. The number of H-pyrrole nitrogens is 1. The van der Waals surface area contributed by atoms with Crippen molar-refractivity contribution in [2.75, 3.05) is 0 Å². The highest BCUT2D eigenvalue weighted by Gasteiger charge is 2.33. The standard InChI is InChI=1S/C20H14F3N3O2S/c21-20(22,23)13-6-2-1-4-11(13)9-28-15-8-16(29-18(15)19(24)27)12-5-3-7-14-17(12)26-10-25-14/h1-8,10H,9H2,(H2,24,27)(H,25,26). The second-order valence-corrected chi connectivity index (χ2v) is 7.27. The van der Waals surface area contributed by atoms with Crippen LogP contribution in [0.5, 0.6) is 5.75 Å². The summed E-state index contributed by atoms with van der Waals surface area (Å²) >= 11 is 1.11. The molecule has 9 heteroatoms. The van der Waals surface area contributed by atoms with E-state index in [1.54, 1.807) is 12.4 Å². The number of halogens is 3. The molecule has 148 valence electrons. The third-order valence-electron chi connectivity index (χ3n) is 4.34. The van der Waals surface area contributed by atoms with Gasteiger partial charge in [0, 0.05) is 16.0 Å². The number of hydrogen-bond acceptors (Lipinski definition) is 4. The Labute approximate surface area is 167 Å². The Morgan fingerprint density at radius 1 is 1.17 bits per heavy atom. The van der Waals surface area contributed by atoms with Gasteiger partial charge in [0.1, 0.15) is 17.2 Å². The number of aromatic amines is 1. The zero-order valence-corrected chi connectivity index (χ0v) is 15.6. The molecule has 2 aromatic heterocycles. The number of thiophene rings is 1. The van der Waals surface area contributed by atoms with Crippen molar-refractivity contribution < 1.29 is 22.7 Å². The van der Waals surface area contributed by atoms with Crippen LogP contribution in [0.2, 0.25) is 0 Å². The molecule has 0 radical (unpaired) electrons. The molecule has 0 bridgehead atoms. The summed E-state index contributed by atoms with van der Waals surface area (Å²) in [5.74, 6) is -0.573. The number of nitrogens with zero attached hydrogens (tertiary/aromatic N) is 1. The van der Waals surface area contributed by atoms with E-state index < -0.39 is 17.6 Å². The second kappa shape index (κ2) is 7.25. The van der Waals surface area contributed by atoms with E-state index in [2.05, 4.69) is 9.97 Å². The van der Waals surface area contributed by atoms with E-state index >= 15 is 0 Å². The molecule has 0 saturated heterocycles. The van der Waals surface area contributed by atoms with Crippen molar-refractivity contribution in [3.8, 4) is 16.2 Å². The topological polar surface area (TPSA) is 81.0 Å². The fourth-order valence-corrected chi connectivity index (χ4v) is 4.01. The van der Waals surface area contributed by atoms with Gasteiger partial charge in [0.15, 0.2) is 0 Å². The normalized spacial score (nSPS) is 11.7. The molecule has 0 atom stereocenters. The molecule has 2 heterocycles. The Bertz CT molecular complexity index is 1200. The van der Waals surface area contributed by atoms with Gasteiger partial charge in [-0.05, 0) is 18.2 Å². The number of primary amides is 1. The third kappa shape index (κ3) is 3.68. The minimum atomic E-state index is -4.50. The molecule has 2 aromatic carbocycles. The lowest BCUT2D eigenvalue weighted by Gasteiger charge is -2.13. The number of alkyl halides is 3. The summed E-state index contributed by atoms with van der Waals surface area (Å²) in [7, 11) is 0. The lowest BCUT2D eigenvalue weighted by molar-refractivity contribution is -0.138. The maximum Gasteiger partial charge on any atom is 0.416 e. The SMILES string of the molecule is NC(=O)c1sc(-c2cccc3[nH]cnc23)cc1OCc1ccccc1C(F)(F)F. The first kappa shape index (κ1) is 19.0. The van der Waals surface area contributed by atoms with Crippen LogP contribution in [0.25, 0.3) is 21.5 Å². The van der Waals surface area contributed by atoms with E-state index in [-0.39, 0.29) is 22.8 Å². The van der Waals surface area contributed by atoms with E-state index in [9.17, 15) is 18.0 Å². The largest absolute Gasteiger partial charge is 0.487 e. The van der Waals surface area contributed by atoms with Gasteiger partial charge in [-0.25, -0.2) is 4.98 Å². The maximum absolute atomic E-state index is 13.2. The molecule has 4 rings (SSSR count). The summed E-state index contributed by atoms with van der Waals surface area (Å²) in [5.41, 5.74) is 6.94. The highest BCUT2D eigenvalue weighted by molar-refractivity contribution is 7.17. The van der Waals surface area contributed by atoms with E-state index in [0.717, 1.165) is 28.5 Å². The van der Waals surface area contributed by atoms with Crippen molar-refractivity contribution >= 4 is 28.3 Å². The Hall–Kier alpha value is -3.33. The van der Waals surface area contributed by atoms with E-state index in [0.29, 0.717) is 10.4 Å². The van der Waals surface area contributed by atoms with Crippen LogP contribution in [0.3, 0.4) is 0 Å². The summed E-state index contributed by atoms with van der Waals surface area (Å²) in [6.07, 6.45) is -2.94. The van der Waals surface area contributed by atoms with Crippen molar-refractivity contribution in [3.63, 3.8) is 0 Å². The molecule has 5 nitrogen and oxygen atoms in total. The quantitative estimate of drug-likeness (QED) is 0.480. The van der Waals surface area contributed by atoms with Crippen LogP contribution in [0, 0.1) is 0 Å². The zero-order chi connectivity index (χ0) is 20.6. The van der Waals surface area contributed by atoms with Gasteiger partial charge in [-0.15, -0.1) is 11.3 Å². The minimum absolute atomic E-state index is 0.0300. The van der Waals surface area contributed by atoms with Crippen molar-refractivity contribution in [1.29, 1.82) is 0 Å². The first-order valence-corrected chi connectivity index (χ1v) is 9.30. The molecular formula is C20H14F3N3O2S. The smallest absolute Gasteiger partial charge is 0.416 e. The van der Waals surface area contributed by atoms with E-state index in [1.165, 1.54) is 18.2 Å². The number of ether oxygens (including phenoxy) is 1. The lowest BCUT2D eigenvalue weighted by atomic mass is 10.1. The summed E-state index contributed by atoms with van der Waals surface area (Å²) in [6, 6.07) is 12.3. The van der Waals surface area contributed by atoms with Crippen LogP contribution >= 0.6 is 11.3 Å². The van der Waals surface area contributed by atoms with Crippen molar-refractivity contribution in [2.45, 2.75) is 12.8 Å². The number of carbonyl (C=O) groups excluding carboxylic acids is 1. The Morgan fingerprint density at radius 2 is 1.97 bits per heavy atom. The number of nitrogens with one attached hydrogen (secondary N) is 1. The monoisotopic (exact) mass is 417 g/mol. The molecule has 0 fully saturated rings. The van der Waals surface area contributed by atoms with Crippen LogP contribution in [-0.4, -0.2) is 15.9 Å². The van der Waals surface area contributed by atoms with Gasteiger partial charge in [-0.1, -0.05) is 30.3 Å². The van der Waals surface area contributed by atoms with Crippen LogP contribution in [0.1, 0.15) is 20.8 Å². The average Bonchev–Trinajstić information content (AvgIpc) is 3.32. The zero-order valence-electron chi connectivity index (χ0n) is 14.8. The maximum atomic E-state index is 13.2. The van der Waals surface area contributed by atoms with Gasteiger partial charge in [0.25, 0.3) is 5.91 Å². The van der Waals surface area contributed by atoms with Gasteiger partial charge in [0.05, 0.1) is 22.9 Å². The number of aromatic nitrogens is 2. The fourth-order valence-electron chi connectivity index (χ4n) is 3.03. The van der Waals surface area contributed by atoms with Crippen molar-refractivity contribution in [1.82, 2.24) is 9.97 Å². The molecular weight excluding hydrogens is 403 g/mol. The van der Waals surface area contributed by atoms with Gasteiger partial charge < -0.3 is 15.5 Å². The predicted octanol–water partition coefficient (Wildman–Crippen LogP) is 4.99. The molecule has 0 unspecified atom stereocenters. The predicted molar refractivity (Wildman–Crippen MR) is 104 cm³/mol. The summed E-state index contributed by atoms with van der Waals surface area (Å²) in [6.45, 7) is -0.348.